The highest BCUT2D eigenvalue weighted by Crippen LogP contribution is 2.38. The summed E-state index contributed by atoms with van der Waals surface area (Å²) in [6.45, 7) is 0. The number of aromatic nitrogens is 1. The summed E-state index contributed by atoms with van der Waals surface area (Å²) in [5, 5.41) is 8.01. The molecule has 1 amide bonds. The van der Waals surface area contributed by atoms with E-state index >= 15 is 0 Å². The van der Waals surface area contributed by atoms with Gasteiger partial charge in [-0.05, 0) is 79.8 Å². The number of aryl methyl sites for hydroxylation is 1. The normalized spacial score (nSPS) is 12.3. The zero-order valence-electron chi connectivity index (χ0n) is 20.1. The Morgan fingerprint density at radius 1 is 0.944 bits per heavy atom. The Bertz CT molecular complexity index is 1430. The molecule has 4 aromatic rings. The zero-order valence-corrected chi connectivity index (χ0v) is 21.6. The number of halogens is 2. The van der Waals surface area contributed by atoms with Crippen LogP contribution in [0.4, 0.5) is 17.1 Å². The second-order valence-corrected chi connectivity index (χ2v) is 8.91. The number of fused-ring (bicyclic) bond motifs is 2. The molecule has 1 aliphatic carbocycles. The summed E-state index contributed by atoms with van der Waals surface area (Å²) in [5.74, 6) is 0.926. The van der Waals surface area contributed by atoms with Gasteiger partial charge in [0.1, 0.15) is 11.5 Å². The molecule has 0 bridgehead atoms. The second-order valence-electron chi connectivity index (χ2n) is 8.48. The number of hydrogen-bond donors (Lipinski definition) is 2. The maximum absolute atomic E-state index is 13.1. The minimum Gasteiger partial charge on any atom is -0.496 e. The standard InChI is InChI=1S/C28H26ClN3O3.ClH/c1-34-25-14-11-17(29)15-21(25)28(33)30-18-12-13-23-20(16-18)27(19-7-3-4-8-22(19)31-23)32-24-9-5-6-10-26(24)35-2;/h5-6,9-16H,3-4,7-8H2,1-2H3,(H,30,33)(H,31,32);1H. The Labute approximate surface area is 221 Å². The average Bonchev–Trinajstić information content (AvgIpc) is 2.89. The molecular weight excluding hydrogens is 497 g/mol. The fraction of sp³-hybridized carbons (Fsp3) is 0.214. The van der Waals surface area contributed by atoms with Gasteiger partial charge in [-0.3, -0.25) is 9.78 Å². The molecular formula is C28H27Cl2N3O3. The predicted molar refractivity (Wildman–Crippen MR) is 148 cm³/mol. The molecule has 6 nitrogen and oxygen atoms in total. The number of carbonyl (C=O) groups excluding carboxylic acids is 1. The Morgan fingerprint density at radius 3 is 2.53 bits per heavy atom. The highest BCUT2D eigenvalue weighted by Gasteiger charge is 2.20. The SMILES string of the molecule is COc1ccccc1Nc1c2c(nc3ccc(NC(=O)c4cc(Cl)ccc4OC)cc13)CCCC2.Cl. The number of benzene rings is 3. The first-order chi connectivity index (χ1) is 17.1. The summed E-state index contributed by atoms with van der Waals surface area (Å²) < 4.78 is 10.9. The summed E-state index contributed by atoms with van der Waals surface area (Å²) in [6.07, 6.45) is 4.16. The summed E-state index contributed by atoms with van der Waals surface area (Å²) in [4.78, 5) is 18.0. The van der Waals surface area contributed by atoms with E-state index < -0.39 is 0 Å². The van der Waals surface area contributed by atoms with Crippen molar-refractivity contribution in [1.82, 2.24) is 4.98 Å². The van der Waals surface area contributed by atoms with Crippen LogP contribution in [-0.2, 0) is 12.8 Å². The molecule has 8 heteroatoms. The molecule has 0 unspecified atom stereocenters. The number of nitrogens with zero attached hydrogens (tertiary/aromatic N) is 1. The summed E-state index contributed by atoms with van der Waals surface area (Å²) >= 11 is 6.13. The molecule has 5 rings (SSSR count). The van der Waals surface area contributed by atoms with Gasteiger partial charge < -0.3 is 20.1 Å². The average molecular weight is 524 g/mol. The number of pyridine rings is 1. The number of hydrogen-bond acceptors (Lipinski definition) is 5. The minimum absolute atomic E-state index is 0. The minimum atomic E-state index is -0.297. The van der Waals surface area contributed by atoms with Gasteiger partial charge in [0.25, 0.3) is 5.91 Å². The van der Waals surface area contributed by atoms with Crippen molar-refractivity contribution < 1.29 is 14.3 Å². The van der Waals surface area contributed by atoms with Crippen LogP contribution in [0.1, 0.15) is 34.5 Å². The van der Waals surface area contributed by atoms with Crippen molar-refractivity contribution in [3.8, 4) is 11.5 Å². The van der Waals surface area contributed by atoms with Crippen molar-refractivity contribution in [2.75, 3.05) is 24.9 Å². The van der Waals surface area contributed by atoms with Crippen molar-refractivity contribution >= 4 is 57.9 Å². The maximum Gasteiger partial charge on any atom is 0.259 e. The van der Waals surface area contributed by atoms with E-state index in [0.717, 1.165) is 59.4 Å². The van der Waals surface area contributed by atoms with Gasteiger partial charge in [-0.25, -0.2) is 0 Å². The zero-order chi connectivity index (χ0) is 24.4. The Morgan fingerprint density at radius 2 is 1.72 bits per heavy atom. The van der Waals surface area contributed by atoms with Gasteiger partial charge >= 0.3 is 0 Å². The summed E-state index contributed by atoms with van der Waals surface area (Å²) in [6, 6.07) is 18.6. The molecule has 36 heavy (non-hydrogen) atoms. The van der Waals surface area contributed by atoms with Crippen molar-refractivity contribution in [3.05, 3.63) is 82.5 Å². The molecule has 1 heterocycles. The lowest BCUT2D eigenvalue weighted by molar-refractivity contribution is 0.102. The highest BCUT2D eigenvalue weighted by atomic mass is 35.5. The molecule has 1 aromatic heterocycles. The van der Waals surface area contributed by atoms with E-state index in [1.807, 2.05) is 42.5 Å². The molecule has 0 atom stereocenters. The van der Waals surface area contributed by atoms with Crippen LogP contribution in [-0.4, -0.2) is 25.1 Å². The third-order valence-corrected chi connectivity index (χ3v) is 6.53. The van der Waals surface area contributed by atoms with Crippen molar-refractivity contribution in [2.24, 2.45) is 0 Å². The highest BCUT2D eigenvalue weighted by molar-refractivity contribution is 6.31. The van der Waals surface area contributed by atoms with E-state index in [1.54, 1.807) is 25.3 Å². The quantitative estimate of drug-likeness (QED) is 0.279. The van der Waals surface area contributed by atoms with E-state index in [0.29, 0.717) is 22.0 Å². The Hall–Kier alpha value is -3.48. The molecule has 0 aliphatic heterocycles. The van der Waals surface area contributed by atoms with E-state index in [2.05, 4.69) is 10.6 Å². The smallest absolute Gasteiger partial charge is 0.259 e. The van der Waals surface area contributed by atoms with Gasteiger partial charge in [0.05, 0.1) is 36.7 Å². The van der Waals surface area contributed by atoms with Crippen LogP contribution in [0.15, 0.2) is 60.7 Å². The molecule has 1 aliphatic rings. The van der Waals surface area contributed by atoms with E-state index in [4.69, 9.17) is 26.1 Å². The second kappa shape index (κ2) is 11.1. The largest absolute Gasteiger partial charge is 0.496 e. The van der Waals surface area contributed by atoms with Crippen LogP contribution in [0.5, 0.6) is 11.5 Å². The molecule has 0 saturated heterocycles. The topological polar surface area (TPSA) is 72.5 Å². The van der Waals surface area contributed by atoms with Crippen molar-refractivity contribution in [3.63, 3.8) is 0 Å². The predicted octanol–water partition coefficient (Wildman–Crippen LogP) is 7.20. The van der Waals surface area contributed by atoms with Gasteiger partial charge in [-0.15, -0.1) is 12.4 Å². The van der Waals surface area contributed by atoms with Gasteiger partial charge in [0, 0.05) is 21.8 Å². The van der Waals surface area contributed by atoms with Gasteiger partial charge in [0.15, 0.2) is 0 Å². The van der Waals surface area contributed by atoms with Crippen molar-refractivity contribution in [2.45, 2.75) is 25.7 Å². The third-order valence-electron chi connectivity index (χ3n) is 6.29. The first-order valence-electron chi connectivity index (χ1n) is 11.6. The maximum atomic E-state index is 13.1. The number of amides is 1. The number of nitrogens with one attached hydrogen (secondary N) is 2. The van der Waals surface area contributed by atoms with Gasteiger partial charge in [-0.2, -0.15) is 0 Å². The van der Waals surface area contributed by atoms with Crippen LogP contribution in [0, 0.1) is 0 Å². The van der Waals surface area contributed by atoms with Crippen LogP contribution in [0.2, 0.25) is 5.02 Å². The molecule has 3 aromatic carbocycles. The third kappa shape index (κ3) is 5.06. The van der Waals surface area contributed by atoms with Crippen molar-refractivity contribution in [1.29, 1.82) is 0 Å². The number of rotatable bonds is 6. The molecule has 2 N–H and O–H groups in total. The fourth-order valence-corrected chi connectivity index (χ4v) is 4.76. The lowest BCUT2D eigenvalue weighted by atomic mass is 9.92. The molecule has 186 valence electrons. The van der Waals surface area contributed by atoms with Gasteiger partial charge in [0.2, 0.25) is 0 Å². The molecule has 0 fully saturated rings. The number of anilines is 3. The first kappa shape index (κ1) is 25.6. The number of carbonyl (C=O) groups is 1. The van der Waals surface area contributed by atoms with Crippen LogP contribution < -0.4 is 20.1 Å². The van der Waals surface area contributed by atoms with E-state index in [-0.39, 0.29) is 18.3 Å². The number of methoxy groups -OCH3 is 2. The van der Waals surface area contributed by atoms with Gasteiger partial charge in [-0.1, -0.05) is 23.7 Å². The monoisotopic (exact) mass is 523 g/mol. The van der Waals surface area contributed by atoms with Crippen LogP contribution >= 0.6 is 24.0 Å². The summed E-state index contributed by atoms with van der Waals surface area (Å²) in [5.41, 5.74) is 6.14. The first-order valence-corrected chi connectivity index (χ1v) is 12.0. The number of para-hydroxylation sites is 2. The number of ether oxygens (including phenoxy) is 2. The molecule has 0 radical (unpaired) electrons. The van der Waals surface area contributed by atoms with E-state index in [1.165, 1.54) is 12.7 Å². The summed E-state index contributed by atoms with van der Waals surface area (Å²) in [7, 11) is 3.19. The Kier molecular flexibility index (Phi) is 7.87. The van der Waals surface area contributed by atoms with E-state index in [9.17, 15) is 4.79 Å². The van der Waals surface area contributed by atoms with Crippen LogP contribution in [0.25, 0.3) is 10.9 Å². The fourth-order valence-electron chi connectivity index (χ4n) is 4.58. The lowest BCUT2D eigenvalue weighted by Crippen LogP contribution is -2.14. The molecule has 0 saturated carbocycles. The van der Waals surface area contributed by atoms with Crippen LogP contribution in [0.3, 0.4) is 0 Å². The Balaban J connectivity index is 0.00000304. The lowest BCUT2D eigenvalue weighted by Gasteiger charge is -2.23. The molecule has 0 spiro atoms.